The van der Waals surface area contributed by atoms with Gasteiger partial charge in [-0.05, 0) is 65.1 Å². The molecule has 3 heteroatoms. The first-order chi connectivity index (χ1) is 10.3. The second kappa shape index (κ2) is 6.82. The summed E-state index contributed by atoms with van der Waals surface area (Å²) in [6.45, 7) is 7.08. The van der Waals surface area contributed by atoms with Crippen molar-refractivity contribution in [2.45, 2.75) is 51.5 Å². The molecule has 1 amide bonds. The number of rotatable bonds is 7. The normalized spacial score (nSPS) is 16.6. The molecule has 1 atom stereocenters. The van der Waals surface area contributed by atoms with Crippen molar-refractivity contribution in [3.63, 3.8) is 0 Å². The summed E-state index contributed by atoms with van der Waals surface area (Å²) in [5.74, 6) is 1.24. The molecule has 1 aliphatic rings. The van der Waals surface area contributed by atoms with Crippen molar-refractivity contribution in [2.24, 2.45) is 5.92 Å². The first-order valence-corrected chi connectivity index (χ1v) is 8.30. The van der Waals surface area contributed by atoms with E-state index in [1.165, 1.54) is 24.0 Å². The summed E-state index contributed by atoms with van der Waals surface area (Å²) in [6.07, 6.45) is 3.13. The number of nitrogens with one attached hydrogen (secondary N) is 1. The van der Waals surface area contributed by atoms with E-state index in [9.17, 15) is 4.79 Å². The fourth-order valence-corrected chi connectivity index (χ4v) is 2.61. The van der Waals surface area contributed by atoms with Gasteiger partial charge in [0, 0.05) is 18.5 Å². The minimum atomic E-state index is -0.0192. The SMILES string of the molecule is Cc1ccc(C(CC(=O)NCC(C)(C)N(C)C)C2CC2)cc1. The predicted octanol–water partition coefficient (Wildman–Crippen LogP) is 3.34. The van der Waals surface area contributed by atoms with Crippen molar-refractivity contribution in [3.05, 3.63) is 35.4 Å². The zero-order valence-corrected chi connectivity index (χ0v) is 14.6. The summed E-state index contributed by atoms with van der Waals surface area (Å²) in [4.78, 5) is 14.5. The molecule has 22 heavy (non-hydrogen) atoms. The van der Waals surface area contributed by atoms with Crippen LogP contribution in [0.5, 0.6) is 0 Å². The Balaban J connectivity index is 1.94. The second-order valence-corrected chi connectivity index (χ2v) is 7.54. The molecular formula is C19H30N2O. The van der Waals surface area contributed by atoms with E-state index in [0.717, 1.165) is 0 Å². The number of aryl methyl sites for hydroxylation is 1. The molecule has 1 unspecified atom stereocenters. The molecule has 2 rings (SSSR count). The smallest absolute Gasteiger partial charge is 0.220 e. The van der Waals surface area contributed by atoms with Crippen molar-refractivity contribution >= 4 is 5.91 Å². The third kappa shape index (κ3) is 4.57. The van der Waals surface area contributed by atoms with Gasteiger partial charge < -0.3 is 10.2 Å². The maximum Gasteiger partial charge on any atom is 0.220 e. The molecule has 122 valence electrons. The van der Waals surface area contributed by atoms with Gasteiger partial charge in [0.2, 0.25) is 5.91 Å². The highest BCUT2D eigenvalue weighted by atomic mass is 16.1. The Morgan fingerprint density at radius 2 is 1.86 bits per heavy atom. The topological polar surface area (TPSA) is 32.3 Å². The summed E-state index contributed by atoms with van der Waals surface area (Å²) in [5.41, 5.74) is 2.57. The molecule has 0 aliphatic heterocycles. The molecular weight excluding hydrogens is 272 g/mol. The molecule has 1 fully saturated rings. The molecule has 0 spiro atoms. The minimum Gasteiger partial charge on any atom is -0.354 e. The van der Waals surface area contributed by atoms with Crippen LogP contribution in [0.2, 0.25) is 0 Å². The minimum absolute atomic E-state index is 0.0192. The van der Waals surface area contributed by atoms with E-state index in [-0.39, 0.29) is 11.4 Å². The van der Waals surface area contributed by atoms with Crippen LogP contribution in [0.3, 0.4) is 0 Å². The summed E-state index contributed by atoms with van der Waals surface area (Å²) >= 11 is 0. The van der Waals surface area contributed by atoms with Crippen molar-refractivity contribution in [3.8, 4) is 0 Å². The van der Waals surface area contributed by atoms with E-state index in [2.05, 4.69) is 55.3 Å². The zero-order valence-electron chi connectivity index (χ0n) is 14.6. The number of hydrogen-bond acceptors (Lipinski definition) is 2. The molecule has 3 nitrogen and oxygen atoms in total. The Morgan fingerprint density at radius 1 is 1.27 bits per heavy atom. The summed E-state index contributed by atoms with van der Waals surface area (Å²) in [5, 5.41) is 3.12. The van der Waals surface area contributed by atoms with Gasteiger partial charge in [-0.25, -0.2) is 0 Å². The predicted molar refractivity (Wildman–Crippen MR) is 92.0 cm³/mol. The molecule has 1 saturated carbocycles. The number of carbonyl (C=O) groups is 1. The van der Waals surface area contributed by atoms with Gasteiger partial charge in [0.05, 0.1) is 0 Å². The Morgan fingerprint density at radius 3 is 2.36 bits per heavy atom. The summed E-state index contributed by atoms with van der Waals surface area (Å²) in [6, 6.07) is 8.68. The van der Waals surface area contributed by atoms with Gasteiger partial charge in [-0.2, -0.15) is 0 Å². The molecule has 0 radical (unpaired) electrons. The van der Waals surface area contributed by atoms with Gasteiger partial charge in [-0.1, -0.05) is 29.8 Å². The van der Waals surface area contributed by atoms with Crippen molar-refractivity contribution in [1.29, 1.82) is 0 Å². The molecule has 0 bridgehead atoms. The van der Waals surface area contributed by atoms with Crippen LogP contribution in [0.15, 0.2) is 24.3 Å². The van der Waals surface area contributed by atoms with Crippen LogP contribution >= 0.6 is 0 Å². The largest absolute Gasteiger partial charge is 0.354 e. The molecule has 1 N–H and O–H groups in total. The first kappa shape index (κ1) is 17.0. The number of benzene rings is 1. The highest BCUT2D eigenvalue weighted by Crippen LogP contribution is 2.44. The zero-order chi connectivity index (χ0) is 16.3. The van der Waals surface area contributed by atoms with E-state index in [1.54, 1.807) is 0 Å². The summed E-state index contributed by atoms with van der Waals surface area (Å²) in [7, 11) is 4.09. The molecule has 1 aromatic carbocycles. The van der Waals surface area contributed by atoms with Gasteiger partial charge >= 0.3 is 0 Å². The molecule has 0 aromatic heterocycles. The number of amides is 1. The van der Waals surface area contributed by atoms with Gasteiger partial charge in [-0.3, -0.25) is 4.79 Å². The Labute approximate surface area is 135 Å². The molecule has 1 aliphatic carbocycles. The Bertz CT molecular complexity index is 501. The van der Waals surface area contributed by atoms with Gasteiger partial charge in [0.25, 0.3) is 0 Å². The van der Waals surface area contributed by atoms with Crippen LogP contribution in [0.4, 0.5) is 0 Å². The fraction of sp³-hybridized carbons (Fsp3) is 0.632. The maximum atomic E-state index is 12.4. The quantitative estimate of drug-likeness (QED) is 0.838. The number of nitrogens with zero attached hydrogens (tertiary/aromatic N) is 1. The monoisotopic (exact) mass is 302 g/mol. The lowest BCUT2D eigenvalue weighted by Crippen LogP contribution is -2.48. The Hall–Kier alpha value is -1.35. The molecule has 0 saturated heterocycles. The maximum absolute atomic E-state index is 12.4. The lowest BCUT2D eigenvalue weighted by molar-refractivity contribution is -0.122. The van der Waals surface area contributed by atoms with Gasteiger partial charge in [0.15, 0.2) is 0 Å². The van der Waals surface area contributed by atoms with Crippen LogP contribution in [-0.2, 0) is 4.79 Å². The number of hydrogen-bond donors (Lipinski definition) is 1. The van der Waals surface area contributed by atoms with Gasteiger partial charge in [0.1, 0.15) is 0 Å². The van der Waals surface area contributed by atoms with Crippen molar-refractivity contribution in [2.75, 3.05) is 20.6 Å². The lowest BCUT2D eigenvalue weighted by atomic mass is 9.90. The van der Waals surface area contributed by atoms with Crippen LogP contribution in [0, 0.1) is 12.8 Å². The van der Waals surface area contributed by atoms with E-state index < -0.39 is 0 Å². The van der Waals surface area contributed by atoms with Crippen molar-refractivity contribution in [1.82, 2.24) is 10.2 Å². The van der Waals surface area contributed by atoms with Gasteiger partial charge in [-0.15, -0.1) is 0 Å². The van der Waals surface area contributed by atoms with Crippen LogP contribution in [-0.4, -0.2) is 37.0 Å². The highest BCUT2D eigenvalue weighted by molar-refractivity contribution is 5.77. The van der Waals surface area contributed by atoms with E-state index >= 15 is 0 Å². The Kier molecular flexibility index (Phi) is 5.28. The average molecular weight is 302 g/mol. The van der Waals surface area contributed by atoms with Crippen molar-refractivity contribution < 1.29 is 4.79 Å². The highest BCUT2D eigenvalue weighted by Gasteiger charge is 2.34. The van der Waals surface area contributed by atoms with E-state index in [1.807, 2.05) is 14.1 Å². The summed E-state index contributed by atoms with van der Waals surface area (Å²) < 4.78 is 0. The molecule has 1 aromatic rings. The third-order valence-electron chi connectivity index (χ3n) is 5.03. The number of likely N-dealkylation sites (N-methyl/N-ethyl adjacent to an activating group) is 1. The van der Waals surface area contributed by atoms with Crippen LogP contribution in [0.1, 0.15) is 50.2 Å². The first-order valence-electron chi connectivity index (χ1n) is 8.30. The second-order valence-electron chi connectivity index (χ2n) is 7.54. The third-order valence-corrected chi connectivity index (χ3v) is 5.03. The van der Waals surface area contributed by atoms with Crippen LogP contribution in [0.25, 0.3) is 0 Å². The fourth-order valence-electron chi connectivity index (χ4n) is 2.61. The van der Waals surface area contributed by atoms with Crippen LogP contribution < -0.4 is 5.32 Å². The van der Waals surface area contributed by atoms with E-state index in [4.69, 9.17) is 0 Å². The number of carbonyl (C=O) groups excluding carboxylic acids is 1. The van der Waals surface area contributed by atoms with E-state index in [0.29, 0.717) is 24.8 Å². The standard InChI is InChI=1S/C19H30N2O/c1-14-6-8-15(9-7-14)17(16-10-11-16)12-18(22)20-13-19(2,3)21(4)5/h6-9,16-17H,10-13H2,1-5H3,(H,20,22). The molecule has 0 heterocycles. The average Bonchev–Trinajstić information content (AvgIpc) is 3.28. The lowest BCUT2D eigenvalue weighted by Gasteiger charge is -2.32.